The molecular formula is C18H23N5O2. The molecule has 0 unspecified atom stereocenters. The first-order valence-corrected chi connectivity index (χ1v) is 9.04. The van der Waals surface area contributed by atoms with Gasteiger partial charge in [0.1, 0.15) is 5.82 Å². The lowest BCUT2D eigenvalue weighted by Crippen LogP contribution is -2.37. The lowest BCUT2D eigenvalue weighted by Gasteiger charge is -2.30. The van der Waals surface area contributed by atoms with Crippen LogP contribution in [0.1, 0.15) is 49.8 Å². The Morgan fingerprint density at radius 2 is 2.04 bits per heavy atom. The van der Waals surface area contributed by atoms with Gasteiger partial charge in [-0.1, -0.05) is 12.5 Å². The molecule has 1 saturated heterocycles. The summed E-state index contributed by atoms with van der Waals surface area (Å²) in [6, 6.07) is 5.51. The van der Waals surface area contributed by atoms with Crippen LogP contribution in [0.25, 0.3) is 0 Å². The molecule has 2 fully saturated rings. The lowest BCUT2D eigenvalue weighted by molar-refractivity contribution is -0.121. The molecule has 0 spiro atoms. The molecule has 0 atom stereocenters. The summed E-state index contributed by atoms with van der Waals surface area (Å²) in [5.74, 6) is 2.67. The zero-order valence-corrected chi connectivity index (χ0v) is 14.2. The monoisotopic (exact) mass is 341 g/mol. The van der Waals surface area contributed by atoms with Crippen LogP contribution in [0.15, 0.2) is 28.8 Å². The molecule has 25 heavy (non-hydrogen) atoms. The third-order valence-electron chi connectivity index (χ3n) is 5.17. The third kappa shape index (κ3) is 3.87. The highest BCUT2D eigenvalue weighted by molar-refractivity contribution is 5.91. The quantitative estimate of drug-likeness (QED) is 0.900. The first-order valence-electron chi connectivity index (χ1n) is 9.04. The van der Waals surface area contributed by atoms with E-state index >= 15 is 0 Å². The van der Waals surface area contributed by atoms with Gasteiger partial charge < -0.3 is 9.73 Å². The fourth-order valence-corrected chi connectivity index (χ4v) is 3.36. The number of nitrogens with zero attached hydrogens (tertiary/aromatic N) is 4. The molecule has 1 saturated carbocycles. The van der Waals surface area contributed by atoms with Gasteiger partial charge in [-0.05, 0) is 50.9 Å². The second-order valence-corrected chi connectivity index (χ2v) is 6.92. The van der Waals surface area contributed by atoms with Crippen molar-refractivity contribution in [1.82, 2.24) is 20.1 Å². The van der Waals surface area contributed by atoms with Crippen LogP contribution in [0.3, 0.4) is 0 Å². The van der Waals surface area contributed by atoms with Crippen molar-refractivity contribution < 1.29 is 9.21 Å². The molecule has 1 amide bonds. The number of carbonyl (C=O) groups excluding carboxylic acids is 1. The van der Waals surface area contributed by atoms with Crippen LogP contribution < -0.4 is 5.32 Å². The minimum Gasteiger partial charge on any atom is -0.424 e. The Hall–Kier alpha value is -2.28. The molecular weight excluding hydrogens is 318 g/mol. The highest BCUT2D eigenvalue weighted by atomic mass is 16.4. The Bertz CT molecular complexity index is 705. The Kier molecular flexibility index (Phi) is 4.74. The number of rotatable bonds is 5. The minimum atomic E-state index is 0.0338. The standard InChI is InChI=1S/C18H23N5O2/c24-17(20-15-6-1-2-9-19-15)13-7-10-23(11-8-13)12-16-21-22-18(25-16)14-4-3-5-14/h1-2,6,9,13-14H,3-5,7-8,10-12H2,(H,19,20,24). The first kappa shape index (κ1) is 16.2. The van der Waals surface area contributed by atoms with Crippen LogP contribution in [0.2, 0.25) is 0 Å². The molecule has 2 aromatic rings. The molecule has 0 bridgehead atoms. The second kappa shape index (κ2) is 7.31. The fraction of sp³-hybridized carbons (Fsp3) is 0.556. The average Bonchev–Trinajstić information content (AvgIpc) is 3.02. The zero-order valence-electron chi connectivity index (χ0n) is 14.2. The normalized spacial score (nSPS) is 19.5. The summed E-state index contributed by atoms with van der Waals surface area (Å²) >= 11 is 0. The van der Waals surface area contributed by atoms with Crippen molar-refractivity contribution in [3.63, 3.8) is 0 Å². The van der Waals surface area contributed by atoms with E-state index in [2.05, 4.69) is 25.4 Å². The van der Waals surface area contributed by atoms with Gasteiger partial charge in [-0.15, -0.1) is 10.2 Å². The summed E-state index contributed by atoms with van der Waals surface area (Å²) < 4.78 is 5.79. The van der Waals surface area contributed by atoms with E-state index in [-0.39, 0.29) is 11.8 Å². The summed E-state index contributed by atoms with van der Waals surface area (Å²) in [5, 5.41) is 11.3. The minimum absolute atomic E-state index is 0.0338. The third-order valence-corrected chi connectivity index (χ3v) is 5.17. The molecule has 2 aliphatic rings. The van der Waals surface area contributed by atoms with E-state index in [4.69, 9.17) is 4.42 Å². The molecule has 132 valence electrons. The van der Waals surface area contributed by atoms with E-state index in [1.54, 1.807) is 6.20 Å². The molecule has 0 radical (unpaired) electrons. The molecule has 4 rings (SSSR count). The largest absolute Gasteiger partial charge is 0.424 e. The van der Waals surface area contributed by atoms with Gasteiger partial charge in [-0.2, -0.15) is 0 Å². The van der Waals surface area contributed by atoms with Gasteiger partial charge in [-0.25, -0.2) is 4.98 Å². The number of nitrogens with one attached hydrogen (secondary N) is 1. The highest BCUT2D eigenvalue weighted by Gasteiger charge is 2.28. The molecule has 2 aromatic heterocycles. The Morgan fingerprint density at radius 1 is 1.20 bits per heavy atom. The van der Waals surface area contributed by atoms with Crippen LogP contribution in [0.4, 0.5) is 5.82 Å². The predicted octanol–water partition coefficient (Wildman–Crippen LogP) is 2.58. The van der Waals surface area contributed by atoms with Crippen molar-refractivity contribution >= 4 is 11.7 Å². The van der Waals surface area contributed by atoms with Crippen molar-refractivity contribution in [2.24, 2.45) is 5.92 Å². The fourth-order valence-electron chi connectivity index (χ4n) is 3.36. The number of hydrogen-bond donors (Lipinski definition) is 1. The summed E-state index contributed by atoms with van der Waals surface area (Å²) in [6.45, 7) is 2.40. The number of amides is 1. The average molecular weight is 341 g/mol. The topological polar surface area (TPSA) is 84.2 Å². The number of anilines is 1. The van der Waals surface area contributed by atoms with Gasteiger partial charge in [0, 0.05) is 18.0 Å². The lowest BCUT2D eigenvalue weighted by atomic mass is 9.85. The Labute approximate surface area is 146 Å². The van der Waals surface area contributed by atoms with Crippen LogP contribution in [-0.4, -0.2) is 39.1 Å². The number of hydrogen-bond acceptors (Lipinski definition) is 6. The summed E-state index contributed by atoms with van der Waals surface area (Å²) in [6.07, 6.45) is 6.94. The van der Waals surface area contributed by atoms with Gasteiger partial charge in [-0.3, -0.25) is 9.69 Å². The van der Waals surface area contributed by atoms with Crippen LogP contribution >= 0.6 is 0 Å². The molecule has 1 aliphatic carbocycles. The van der Waals surface area contributed by atoms with E-state index in [9.17, 15) is 4.79 Å². The molecule has 1 aliphatic heterocycles. The Morgan fingerprint density at radius 3 is 2.72 bits per heavy atom. The number of piperidine rings is 1. The van der Waals surface area contributed by atoms with E-state index in [0.717, 1.165) is 31.8 Å². The van der Waals surface area contributed by atoms with Crippen LogP contribution in [0, 0.1) is 5.92 Å². The second-order valence-electron chi connectivity index (χ2n) is 6.92. The first-order chi connectivity index (χ1) is 12.3. The molecule has 1 N–H and O–H groups in total. The van der Waals surface area contributed by atoms with Gasteiger partial charge in [0.15, 0.2) is 0 Å². The summed E-state index contributed by atoms with van der Waals surface area (Å²) in [5.41, 5.74) is 0. The van der Waals surface area contributed by atoms with E-state index < -0.39 is 0 Å². The molecule has 0 aromatic carbocycles. The van der Waals surface area contributed by atoms with Crippen molar-refractivity contribution in [3.05, 3.63) is 36.2 Å². The van der Waals surface area contributed by atoms with Crippen molar-refractivity contribution in [2.45, 2.75) is 44.6 Å². The van der Waals surface area contributed by atoms with Gasteiger partial charge in [0.25, 0.3) is 0 Å². The van der Waals surface area contributed by atoms with Crippen molar-refractivity contribution in [1.29, 1.82) is 0 Å². The number of pyridine rings is 1. The maximum absolute atomic E-state index is 12.3. The maximum atomic E-state index is 12.3. The number of aromatic nitrogens is 3. The van der Waals surface area contributed by atoms with Crippen LogP contribution in [0.5, 0.6) is 0 Å². The Balaban J connectivity index is 1.25. The zero-order chi connectivity index (χ0) is 17.1. The predicted molar refractivity (Wildman–Crippen MR) is 91.8 cm³/mol. The van der Waals surface area contributed by atoms with Crippen molar-refractivity contribution in [2.75, 3.05) is 18.4 Å². The number of likely N-dealkylation sites (tertiary alicyclic amines) is 1. The van der Waals surface area contributed by atoms with Gasteiger partial charge in [0.2, 0.25) is 17.7 Å². The molecule has 7 nitrogen and oxygen atoms in total. The highest BCUT2D eigenvalue weighted by Crippen LogP contribution is 2.35. The maximum Gasteiger partial charge on any atom is 0.230 e. The summed E-state index contributed by atoms with van der Waals surface area (Å²) in [7, 11) is 0. The number of carbonyl (C=O) groups is 1. The molecule has 7 heteroatoms. The van der Waals surface area contributed by atoms with E-state index in [1.165, 1.54) is 19.3 Å². The smallest absolute Gasteiger partial charge is 0.230 e. The SMILES string of the molecule is O=C(Nc1ccccn1)C1CCN(Cc2nnc(C3CCC3)o2)CC1. The van der Waals surface area contributed by atoms with Crippen LogP contribution in [-0.2, 0) is 11.3 Å². The van der Waals surface area contributed by atoms with Crippen molar-refractivity contribution in [3.8, 4) is 0 Å². The van der Waals surface area contributed by atoms with Gasteiger partial charge >= 0.3 is 0 Å². The molecule has 3 heterocycles. The van der Waals surface area contributed by atoms with E-state index in [1.807, 2.05) is 18.2 Å². The summed E-state index contributed by atoms with van der Waals surface area (Å²) in [4.78, 5) is 18.8. The van der Waals surface area contributed by atoms with E-state index in [0.29, 0.717) is 24.2 Å². The van der Waals surface area contributed by atoms with Gasteiger partial charge in [0.05, 0.1) is 6.54 Å².